The van der Waals surface area contributed by atoms with Gasteiger partial charge in [0.05, 0.1) is 26.9 Å². The minimum atomic E-state index is 0.452. The molecule has 144 valence electrons. The Morgan fingerprint density at radius 1 is 1.22 bits per heavy atom. The van der Waals surface area contributed by atoms with E-state index in [1.807, 2.05) is 24.4 Å². The number of hydrogen-bond acceptors (Lipinski definition) is 5. The third-order valence-corrected chi connectivity index (χ3v) is 4.46. The Balaban J connectivity index is 1.46. The van der Waals surface area contributed by atoms with Gasteiger partial charge in [-0.2, -0.15) is 0 Å². The number of nitrogens with zero attached hydrogens (tertiary/aromatic N) is 3. The van der Waals surface area contributed by atoms with Gasteiger partial charge in [0.15, 0.2) is 5.96 Å². The Bertz CT molecular complexity index is 742. The lowest BCUT2D eigenvalue weighted by atomic mass is 10.1. The van der Waals surface area contributed by atoms with Crippen LogP contribution in [0.5, 0.6) is 5.75 Å². The van der Waals surface area contributed by atoms with Crippen LogP contribution in [0, 0.1) is 0 Å². The van der Waals surface area contributed by atoms with Crippen LogP contribution in [0.4, 0.5) is 5.82 Å². The van der Waals surface area contributed by atoms with Gasteiger partial charge in [0.2, 0.25) is 0 Å². The Kier molecular flexibility index (Phi) is 6.87. The summed E-state index contributed by atoms with van der Waals surface area (Å²) in [7, 11) is 1.67. The fourth-order valence-electron chi connectivity index (χ4n) is 2.88. The highest BCUT2D eigenvalue weighted by atomic mass is 16.5. The van der Waals surface area contributed by atoms with Gasteiger partial charge in [0.1, 0.15) is 11.6 Å². The summed E-state index contributed by atoms with van der Waals surface area (Å²) >= 11 is 0. The minimum absolute atomic E-state index is 0.452. The largest absolute Gasteiger partial charge is 0.497 e. The molecular formula is C20H27N5O2. The molecule has 7 nitrogen and oxygen atoms in total. The van der Waals surface area contributed by atoms with Crippen molar-refractivity contribution in [3.63, 3.8) is 0 Å². The molecule has 0 atom stereocenters. The second-order valence-electron chi connectivity index (χ2n) is 6.35. The molecule has 27 heavy (non-hydrogen) atoms. The number of hydrogen-bond donors (Lipinski definition) is 2. The molecule has 1 aromatic heterocycles. The number of aromatic nitrogens is 1. The smallest absolute Gasteiger partial charge is 0.188 e. The Hall–Kier alpha value is -2.80. The lowest BCUT2D eigenvalue weighted by Gasteiger charge is -2.27. The number of guanidine groups is 1. The lowest BCUT2D eigenvalue weighted by molar-refractivity contribution is 0.122. The first-order chi connectivity index (χ1) is 13.2. The van der Waals surface area contributed by atoms with Crippen LogP contribution in [-0.2, 0) is 17.7 Å². The SMILES string of the molecule is COc1ccc(CCNC(N)=NCc2ccnc(N3CCOCC3)c2)cc1. The van der Waals surface area contributed by atoms with Crippen molar-refractivity contribution in [2.45, 2.75) is 13.0 Å². The Morgan fingerprint density at radius 2 is 2.00 bits per heavy atom. The summed E-state index contributed by atoms with van der Waals surface area (Å²) in [6.45, 7) is 4.49. The maximum atomic E-state index is 5.99. The maximum absolute atomic E-state index is 5.99. The first-order valence-electron chi connectivity index (χ1n) is 9.19. The zero-order valence-electron chi connectivity index (χ0n) is 15.7. The van der Waals surface area contributed by atoms with E-state index in [0.717, 1.165) is 56.4 Å². The van der Waals surface area contributed by atoms with Crippen molar-refractivity contribution < 1.29 is 9.47 Å². The van der Waals surface area contributed by atoms with E-state index >= 15 is 0 Å². The number of benzene rings is 1. The molecule has 1 fully saturated rings. The molecule has 0 radical (unpaired) electrons. The van der Waals surface area contributed by atoms with Gasteiger partial charge in [-0.15, -0.1) is 0 Å². The molecule has 2 aromatic rings. The number of rotatable bonds is 7. The summed E-state index contributed by atoms with van der Waals surface area (Å²) in [5, 5.41) is 3.16. The summed E-state index contributed by atoms with van der Waals surface area (Å²) < 4.78 is 10.6. The highest BCUT2D eigenvalue weighted by molar-refractivity contribution is 5.77. The van der Waals surface area contributed by atoms with Crippen LogP contribution >= 0.6 is 0 Å². The monoisotopic (exact) mass is 369 g/mol. The van der Waals surface area contributed by atoms with Gasteiger partial charge in [-0.05, 0) is 41.8 Å². The van der Waals surface area contributed by atoms with E-state index in [0.29, 0.717) is 12.5 Å². The number of morpholine rings is 1. The number of pyridine rings is 1. The molecule has 2 heterocycles. The molecule has 0 spiro atoms. The van der Waals surface area contributed by atoms with Crippen molar-refractivity contribution in [1.29, 1.82) is 0 Å². The number of nitrogens with one attached hydrogen (secondary N) is 1. The zero-order chi connectivity index (χ0) is 18.9. The topological polar surface area (TPSA) is 85.0 Å². The van der Waals surface area contributed by atoms with E-state index in [4.69, 9.17) is 15.2 Å². The highest BCUT2D eigenvalue weighted by Crippen LogP contribution is 2.15. The van der Waals surface area contributed by atoms with Crippen LogP contribution in [0.15, 0.2) is 47.6 Å². The van der Waals surface area contributed by atoms with Crippen LogP contribution in [0.3, 0.4) is 0 Å². The minimum Gasteiger partial charge on any atom is -0.497 e. The third-order valence-electron chi connectivity index (χ3n) is 4.46. The van der Waals surface area contributed by atoms with Crippen molar-refractivity contribution in [2.75, 3.05) is 44.9 Å². The quantitative estimate of drug-likeness (QED) is 0.569. The summed E-state index contributed by atoms with van der Waals surface area (Å²) in [6.07, 6.45) is 2.69. The molecule has 1 aliphatic rings. The Morgan fingerprint density at radius 3 is 2.74 bits per heavy atom. The molecule has 7 heteroatoms. The van der Waals surface area contributed by atoms with Gasteiger partial charge >= 0.3 is 0 Å². The van der Waals surface area contributed by atoms with Gasteiger partial charge in [-0.3, -0.25) is 0 Å². The van der Waals surface area contributed by atoms with Crippen LogP contribution < -0.4 is 20.7 Å². The summed E-state index contributed by atoms with van der Waals surface area (Å²) in [5.41, 5.74) is 8.30. The molecule has 1 saturated heterocycles. The van der Waals surface area contributed by atoms with Gasteiger partial charge in [-0.25, -0.2) is 9.98 Å². The Labute approximate surface area is 160 Å². The average molecular weight is 369 g/mol. The molecular weight excluding hydrogens is 342 g/mol. The molecule has 1 aromatic carbocycles. The van der Waals surface area contributed by atoms with Crippen molar-refractivity contribution >= 4 is 11.8 Å². The molecule has 1 aliphatic heterocycles. The van der Waals surface area contributed by atoms with E-state index in [-0.39, 0.29) is 0 Å². The second kappa shape index (κ2) is 9.78. The van der Waals surface area contributed by atoms with E-state index < -0.39 is 0 Å². The van der Waals surface area contributed by atoms with Gasteiger partial charge < -0.3 is 25.4 Å². The number of anilines is 1. The molecule has 0 unspecified atom stereocenters. The highest BCUT2D eigenvalue weighted by Gasteiger charge is 2.12. The molecule has 3 N–H and O–H groups in total. The van der Waals surface area contributed by atoms with Crippen LogP contribution in [-0.4, -0.2) is 50.9 Å². The molecule has 0 aliphatic carbocycles. The molecule has 3 rings (SSSR count). The lowest BCUT2D eigenvalue weighted by Crippen LogP contribution is -2.36. The van der Waals surface area contributed by atoms with Gasteiger partial charge in [0, 0.05) is 25.8 Å². The van der Waals surface area contributed by atoms with Crippen molar-refractivity contribution in [3.05, 3.63) is 53.7 Å². The van der Waals surface area contributed by atoms with E-state index in [1.165, 1.54) is 5.56 Å². The number of ether oxygens (including phenoxy) is 2. The van der Waals surface area contributed by atoms with Crippen LogP contribution in [0.1, 0.15) is 11.1 Å². The summed E-state index contributed by atoms with van der Waals surface area (Å²) in [5.74, 6) is 2.28. The van der Waals surface area contributed by atoms with Crippen molar-refractivity contribution in [3.8, 4) is 5.75 Å². The first-order valence-corrected chi connectivity index (χ1v) is 9.19. The molecule has 0 saturated carbocycles. The third kappa shape index (κ3) is 5.86. The maximum Gasteiger partial charge on any atom is 0.188 e. The number of methoxy groups -OCH3 is 1. The fourth-order valence-corrected chi connectivity index (χ4v) is 2.88. The van der Waals surface area contributed by atoms with E-state index in [9.17, 15) is 0 Å². The number of aliphatic imine (C=N–C) groups is 1. The van der Waals surface area contributed by atoms with E-state index in [1.54, 1.807) is 7.11 Å². The normalized spacial score (nSPS) is 14.9. The standard InChI is InChI=1S/C20H27N5O2/c1-26-18-4-2-16(3-5-18)6-9-23-20(21)24-15-17-7-8-22-19(14-17)25-10-12-27-13-11-25/h2-5,7-8,14H,6,9-13,15H2,1H3,(H3,21,23,24). The molecule has 0 amide bonds. The predicted molar refractivity (Wildman–Crippen MR) is 107 cm³/mol. The van der Waals surface area contributed by atoms with Crippen LogP contribution in [0.25, 0.3) is 0 Å². The number of nitrogens with two attached hydrogens (primary N) is 1. The van der Waals surface area contributed by atoms with Gasteiger partial charge in [0.25, 0.3) is 0 Å². The van der Waals surface area contributed by atoms with E-state index in [2.05, 4.69) is 38.4 Å². The zero-order valence-corrected chi connectivity index (χ0v) is 15.7. The van der Waals surface area contributed by atoms with Gasteiger partial charge in [-0.1, -0.05) is 12.1 Å². The predicted octanol–water partition coefficient (Wildman–Crippen LogP) is 1.57. The first kappa shape index (κ1) is 19.0. The van der Waals surface area contributed by atoms with Crippen molar-refractivity contribution in [2.24, 2.45) is 10.7 Å². The van der Waals surface area contributed by atoms with Crippen LogP contribution in [0.2, 0.25) is 0 Å². The van der Waals surface area contributed by atoms with Crippen molar-refractivity contribution in [1.82, 2.24) is 10.3 Å². The summed E-state index contributed by atoms with van der Waals surface area (Å²) in [6, 6.07) is 12.1. The second-order valence-corrected chi connectivity index (χ2v) is 6.35. The summed E-state index contributed by atoms with van der Waals surface area (Å²) in [4.78, 5) is 11.1. The average Bonchev–Trinajstić information content (AvgIpc) is 2.73. The molecule has 0 bridgehead atoms. The fraction of sp³-hybridized carbons (Fsp3) is 0.400.